The molecule has 1 aromatic heterocycles. The molecule has 0 saturated carbocycles. The van der Waals surface area contributed by atoms with Gasteiger partial charge in [0, 0.05) is 50.9 Å². The molecule has 1 fully saturated rings. The lowest BCUT2D eigenvalue weighted by molar-refractivity contribution is -0.120. The Morgan fingerprint density at radius 2 is 1.77 bits per heavy atom. The van der Waals surface area contributed by atoms with E-state index in [0.717, 1.165) is 38.3 Å². The molecule has 0 aliphatic carbocycles. The summed E-state index contributed by atoms with van der Waals surface area (Å²) < 4.78 is 33.6. The maximum Gasteiger partial charge on any atom is 0.224 e. The van der Waals surface area contributed by atoms with Gasteiger partial charge in [-0.25, -0.2) is 4.39 Å². The summed E-state index contributed by atoms with van der Waals surface area (Å²) in [4.78, 5) is 20.8. The molecule has 184 valence electrons. The molecule has 8 heteroatoms. The Bertz CT molecular complexity index is 1130. The van der Waals surface area contributed by atoms with Gasteiger partial charge in [-0.15, -0.1) is 0 Å². The Kier molecular flexibility index (Phi) is 8.39. The predicted molar refractivity (Wildman–Crippen MR) is 131 cm³/mol. The van der Waals surface area contributed by atoms with Gasteiger partial charge in [0.2, 0.25) is 17.7 Å². The molecular formula is C27H30F2N4O2. The zero-order valence-corrected chi connectivity index (χ0v) is 19.8. The van der Waals surface area contributed by atoms with Gasteiger partial charge >= 0.3 is 0 Å². The third-order valence-electron chi connectivity index (χ3n) is 6.08. The maximum atomic E-state index is 14.7. The SMILES string of the molecule is CN1CCN(CCOc2ccc(-c3ccc(CC(=O)NCc4cccc(F)c4)cc3)c(F)n2)CC1. The summed E-state index contributed by atoms with van der Waals surface area (Å²) in [5.41, 5.74) is 2.53. The molecular weight excluding hydrogens is 450 g/mol. The minimum Gasteiger partial charge on any atom is -0.476 e. The van der Waals surface area contributed by atoms with Crippen LogP contribution in [0.25, 0.3) is 11.1 Å². The Labute approximate surface area is 204 Å². The van der Waals surface area contributed by atoms with Crippen LogP contribution in [0.4, 0.5) is 8.78 Å². The molecule has 0 spiro atoms. The second-order valence-electron chi connectivity index (χ2n) is 8.76. The first-order valence-electron chi connectivity index (χ1n) is 11.8. The number of nitrogens with one attached hydrogen (secondary N) is 1. The normalized spacial score (nSPS) is 14.6. The van der Waals surface area contributed by atoms with Crippen molar-refractivity contribution in [3.63, 3.8) is 0 Å². The van der Waals surface area contributed by atoms with Crippen molar-refractivity contribution in [3.05, 3.63) is 83.6 Å². The molecule has 1 saturated heterocycles. The fourth-order valence-electron chi connectivity index (χ4n) is 3.96. The van der Waals surface area contributed by atoms with Gasteiger partial charge in [-0.1, -0.05) is 36.4 Å². The van der Waals surface area contributed by atoms with E-state index in [0.29, 0.717) is 23.3 Å². The van der Waals surface area contributed by atoms with Crippen molar-refractivity contribution in [1.82, 2.24) is 20.1 Å². The van der Waals surface area contributed by atoms with Crippen LogP contribution in [-0.2, 0) is 17.8 Å². The molecule has 0 radical (unpaired) electrons. The van der Waals surface area contributed by atoms with Crippen LogP contribution in [0.15, 0.2) is 60.7 Å². The standard InChI is InChI=1S/C27H30F2N4O2/c1-32-11-13-33(14-12-32)15-16-35-26-10-9-24(27(29)31-26)22-7-5-20(6-8-22)18-25(34)30-19-21-3-2-4-23(28)17-21/h2-10,17H,11-16,18-19H2,1H3,(H,30,34). The number of hydrogen-bond donors (Lipinski definition) is 1. The summed E-state index contributed by atoms with van der Waals surface area (Å²) in [5.74, 6) is -0.832. The second-order valence-corrected chi connectivity index (χ2v) is 8.76. The molecule has 35 heavy (non-hydrogen) atoms. The summed E-state index contributed by atoms with van der Waals surface area (Å²) in [6.07, 6.45) is 0.177. The monoisotopic (exact) mass is 480 g/mol. The first-order valence-corrected chi connectivity index (χ1v) is 11.8. The molecule has 0 bridgehead atoms. The van der Waals surface area contributed by atoms with Crippen molar-refractivity contribution in [2.24, 2.45) is 0 Å². The van der Waals surface area contributed by atoms with Gasteiger partial charge < -0.3 is 15.0 Å². The minimum absolute atomic E-state index is 0.173. The van der Waals surface area contributed by atoms with Crippen LogP contribution in [0.3, 0.4) is 0 Å². The summed E-state index contributed by atoms with van der Waals surface area (Å²) in [7, 11) is 2.11. The molecule has 1 aliphatic rings. The molecule has 2 heterocycles. The summed E-state index contributed by atoms with van der Waals surface area (Å²) >= 11 is 0. The van der Waals surface area contributed by atoms with E-state index in [4.69, 9.17) is 4.74 Å². The lowest BCUT2D eigenvalue weighted by Gasteiger charge is -2.32. The number of piperazine rings is 1. The Morgan fingerprint density at radius 1 is 1.00 bits per heavy atom. The Hall–Kier alpha value is -3.36. The second kappa shape index (κ2) is 11.9. The summed E-state index contributed by atoms with van der Waals surface area (Å²) in [5, 5.41) is 2.78. The third-order valence-corrected chi connectivity index (χ3v) is 6.08. The fraction of sp³-hybridized carbons (Fsp3) is 0.333. The molecule has 1 amide bonds. The van der Waals surface area contributed by atoms with Gasteiger partial charge in [-0.3, -0.25) is 9.69 Å². The van der Waals surface area contributed by atoms with Crippen LogP contribution in [0.5, 0.6) is 5.88 Å². The van der Waals surface area contributed by atoms with Crippen molar-refractivity contribution in [2.75, 3.05) is 46.4 Å². The fourth-order valence-corrected chi connectivity index (χ4v) is 3.96. The molecule has 2 aromatic carbocycles. The quantitative estimate of drug-likeness (QED) is 0.475. The van der Waals surface area contributed by atoms with Gasteiger partial charge in [0.15, 0.2) is 0 Å². The van der Waals surface area contributed by atoms with Crippen LogP contribution in [0.2, 0.25) is 0 Å². The van der Waals surface area contributed by atoms with Crippen LogP contribution in [0.1, 0.15) is 11.1 Å². The van der Waals surface area contributed by atoms with Crippen molar-refractivity contribution >= 4 is 5.91 Å². The van der Waals surface area contributed by atoms with Crippen LogP contribution in [0, 0.1) is 11.8 Å². The van der Waals surface area contributed by atoms with Crippen molar-refractivity contribution in [2.45, 2.75) is 13.0 Å². The number of ether oxygens (including phenoxy) is 1. The highest BCUT2D eigenvalue weighted by atomic mass is 19.1. The molecule has 6 nitrogen and oxygen atoms in total. The number of likely N-dealkylation sites (N-methyl/N-ethyl adjacent to an activating group) is 1. The first kappa shape index (κ1) is 24.8. The van der Waals surface area contributed by atoms with E-state index in [9.17, 15) is 13.6 Å². The Balaban J connectivity index is 1.26. The van der Waals surface area contributed by atoms with Crippen LogP contribution >= 0.6 is 0 Å². The van der Waals surface area contributed by atoms with E-state index in [1.165, 1.54) is 12.1 Å². The molecule has 4 rings (SSSR count). The Morgan fingerprint density at radius 3 is 2.49 bits per heavy atom. The van der Waals surface area contributed by atoms with E-state index >= 15 is 0 Å². The van der Waals surface area contributed by atoms with Gasteiger partial charge in [0.05, 0.1) is 6.42 Å². The van der Waals surface area contributed by atoms with Gasteiger partial charge in [0.25, 0.3) is 0 Å². The number of nitrogens with zero attached hydrogens (tertiary/aromatic N) is 3. The lowest BCUT2D eigenvalue weighted by Crippen LogP contribution is -2.45. The number of halogens is 2. The van der Waals surface area contributed by atoms with E-state index in [1.54, 1.807) is 48.5 Å². The van der Waals surface area contributed by atoms with Crippen LogP contribution in [-0.4, -0.2) is 67.1 Å². The zero-order valence-electron chi connectivity index (χ0n) is 19.8. The molecule has 3 aromatic rings. The molecule has 0 atom stereocenters. The maximum absolute atomic E-state index is 14.7. The number of hydrogen-bond acceptors (Lipinski definition) is 5. The minimum atomic E-state index is -0.595. The van der Waals surface area contributed by atoms with Gasteiger partial charge in [-0.2, -0.15) is 9.37 Å². The number of aromatic nitrogens is 1. The topological polar surface area (TPSA) is 57.7 Å². The summed E-state index contributed by atoms with van der Waals surface area (Å²) in [6, 6.07) is 16.6. The average molecular weight is 481 g/mol. The first-order chi connectivity index (χ1) is 17.0. The van der Waals surface area contributed by atoms with E-state index in [1.807, 2.05) is 0 Å². The van der Waals surface area contributed by atoms with Crippen molar-refractivity contribution in [3.8, 4) is 17.0 Å². The van der Waals surface area contributed by atoms with Crippen LogP contribution < -0.4 is 10.1 Å². The highest BCUT2D eigenvalue weighted by Crippen LogP contribution is 2.24. The number of carbonyl (C=O) groups is 1. The number of amides is 1. The van der Waals surface area contributed by atoms with E-state index in [2.05, 4.69) is 27.1 Å². The smallest absolute Gasteiger partial charge is 0.224 e. The number of pyridine rings is 1. The van der Waals surface area contributed by atoms with Gasteiger partial charge in [0.1, 0.15) is 12.4 Å². The largest absolute Gasteiger partial charge is 0.476 e. The third kappa shape index (κ3) is 7.31. The van der Waals surface area contributed by atoms with Crippen molar-refractivity contribution < 1.29 is 18.3 Å². The lowest BCUT2D eigenvalue weighted by atomic mass is 10.0. The van der Waals surface area contributed by atoms with Gasteiger partial charge in [-0.05, 0) is 41.9 Å². The predicted octanol–water partition coefficient (Wildman–Crippen LogP) is 3.51. The highest BCUT2D eigenvalue weighted by Gasteiger charge is 2.14. The number of carbonyl (C=O) groups excluding carboxylic acids is 1. The zero-order chi connectivity index (χ0) is 24.6. The molecule has 0 unspecified atom stereocenters. The molecule has 1 N–H and O–H groups in total. The van der Waals surface area contributed by atoms with E-state index < -0.39 is 5.95 Å². The number of rotatable bonds is 9. The number of benzene rings is 2. The average Bonchev–Trinajstić information content (AvgIpc) is 2.85. The summed E-state index contributed by atoms with van der Waals surface area (Å²) in [6.45, 7) is 5.60. The molecule has 1 aliphatic heterocycles. The van der Waals surface area contributed by atoms with Crippen molar-refractivity contribution in [1.29, 1.82) is 0 Å². The highest BCUT2D eigenvalue weighted by molar-refractivity contribution is 5.78. The van der Waals surface area contributed by atoms with E-state index in [-0.39, 0.29) is 30.6 Å².